The highest BCUT2D eigenvalue weighted by molar-refractivity contribution is 5.66. The maximum Gasteiger partial charge on any atom is 0.143 e. The van der Waals surface area contributed by atoms with E-state index < -0.39 is 5.82 Å². The largest absolute Gasteiger partial charge is 0.341 e. The first kappa shape index (κ1) is 13.1. The molecule has 0 N–H and O–H groups in total. The fraction of sp³-hybridized carbons (Fsp3) is 0.188. The second kappa shape index (κ2) is 5.53. The molecule has 0 heterocycles. The molecular formula is C16H15FN2. The zero-order chi connectivity index (χ0) is 13.8. The van der Waals surface area contributed by atoms with Crippen LogP contribution in [0, 0.1) is 24.1 Å². The quantitative estimate of drug-likeness (QED) is 0.822. The molecule has 0 unspecified atom stereocenters. The number of aryl methyl sites for hydroxylation is 1. The second-order valence-corrected chi connectivity index (χ2v) is 4.31. The lowest BCUT2D eigenvalue weighted by Crippen LogP contribution is -2.17. The molecule has 0 saturated heterocycles. The third-order valence-electron chi connectivity index (χ3n) is 3.11. The Hall–Kier alpha value is -2.34. The van der Waals surface area contributed by atoms with Crippen molar-refractivity contribution in [2.45, 2.75) is 13.8 Å². The Morgan fingerprint density at radius 1 is 1.21 bits per heavy atom. The molecule has 0 atom stereocenters. The Morgan fingerprint density at radius 2 is 1.95 bits per heavy atom. The van der Waals surface area contributed by atoms with E-state index in [-0.39, 0.29) is 5.56 Å². The normalized spacial score (nSPS) is 10.0. The third-order valence-corrected chi connectivity index (χ3v) is 3.11. The molecule has 0 aliphatic carbocycles. The predicted octanol–water partition coefficient (Wildman–Crippen LogP) is 4.16. The van der Waals surface area contributed by atoms with Crippen LogP contribution in [-0.2, 0) is 0 Å². The van der Waals surface area contributed by atoms with Gasteiger partial charge >= 0.3 is 0 Å². The van der Waals surface area contributed by atoms with Gasteiger partial charge in [0.2, 0.25) is 0 Å². The molecule has 2 aromatic rings. The first-order chi connectivity index (χ1) is 9.17. The van der Waals surface area contributed by atoms with Crippen LogP contribution < -0.4 is 4.90 Å². The van der Waals surface area contributed by atoms with Gasteiger partial charge in [-0.05, 0) is 43.7 Å². The van der Waals surface area contributed by atoms with Gasteiger partial charge in [-0.25, -0.2) is 4.39 Å². The summed E-state index contributed by atoms with van der Waals surface area (Å²) in [7, 11) is 0. The SMILES string of the molecule is CCN(c1ccc(C#N)c(F)c1)c1ccccc1C. The van der Waals surface area contributed by atoms with Crippen molar-refractivity contribution in [3.63, 3.8) is 0 Å². The number of nitriles is 1. The second-order valence-electron chi connectivity index (χ2n) is 4.31. The molecule has 2 nitrogen and oxygen atoms in total. The molecule has 0 radical (unpaired) electrons. The molecule has 0 spiro atoms. The van der Waals surface area contributed by atoms with Gasteiger partial charge in [0.15, 0.2) is 0 Å². The highest BCUT2D eigenvalue weighted by Crippen LogP contribution is 2.28. The van der Waals surface area contributed by atoms with Gasteiger partial charge in [0, 0.05) is 17.9 Å². The summed E-state index contributed by atoms with van der Waals surface area (Å²) in [5.74, 6) is -0.480. The van der Waals surface area contributed by atoms with Crippen LogP contribution in [0.4, 0.5) is 15.8 Å². The number of benzene rings is 2. The number of hydrogen-bond donors (Lipinski definition) is 0. The van der Waals surface area contributed by atoms with Gasteiger partial charge in [-0.1, -0.05) is 18.2 Å². The fourth-order valence-corrected chi connectivity index (χ4v) is 2.12. The highest BCUT2D eigenvalue weighted by Gasteiger charge is 2.11. The lowest BCUT2D eigenvalue weighted by atomic mass is 10.1. The molecule has 2 aromatic carbocycles. The molecule has 0 amide bonds. The van der Waals surface area contributed by atoms with Crippen LogP contribution in [0.5, 0.6) is 0 Å². The molecule has 2 rings (SSSR count). The van der Waals surface area contributed by atoms with Gasteiger partial charge < -0.3 is 4.90 Å². The Balaban J connectivity index is 2.46. The first-order valence-electron chi connectivity index (χ1n) is 6.20. The molecule has 0 saturated carbocycles. The van der Waals surface area contributed by atoms with E-state index in [1.807, 2.05) is 49.1 Å². The smallest absolute Gasteiger partial charge is 0.143 e. The summed E-state index contributed by atoms with van der Waals surface area (Å²) in [6.07, 6.45) is 0. The van der Waals surface area contributed by atoms with E-state index in [1.54, 1.807) is 6.07 Å². The van der Waals surface area contributed by atoms with E-state index in [2.05, 4.69) is 0 Å². The molecule has 19 heavy (non-hydrogen) atoms. The highest BCUT2D eigenvalue weighted by atomic mass is 19.1. The summed E-state index contributed by atoms with van der Waals surface area (Å²) in [4.78, 5) is 2.03. The monoisotopic (exact) mass is 254 g/mol. The van der Waals surface area contributed by atoms with Crippen LogP contribution in [0.15, 0.2) is 42.5 Å². The summed E-state index contributed by atoms with van der Waals surface area (Å²) >= 11 is 0. The van der Waals surface area contributed by atoms with E-state index in [0.717, 1.165) is 23.5 Å². The molecule has 0 aliphatic heterocycles. The van der Waals surface area contributed by atoms with E-state index >= 15 is 0 Å². The standard InChI is InChI=1S/C16H15FN2/c1-3-19(16-7-5-4-6-12(16)2)14-9-8-13(11-18)15(17)10-14/h4-10H,3H2,1-2H3. The van der Waals surface area contributed by atoms with E-state index in [4.69, 9.17) is 5.26 Å². The van der Waals surface area contributed by atoms with Crippen molar-refractivity contribution in [3.05, 3.63) is 59.4 Å². The third kappa shape index (κ3) is 2.58. The number of para-hydroxylation sites is 1. The lowest BCUT2D eigenvalue weighted by molar-refractivity contribution is 0.623. The average molecular weight is 254 g/mol. The fourth-order valence-electron chi connectivity index (χ4n) is 2.12. The number of anilines is 2. The van der Waals surface area contributed by atoms with Crippen molar-refractivity contribution < 1.29 is 4.39 Å². The van der Waals surface area contributed by atoms with Crippen molar-refractivity contribution >= 4 is 11.4 Å². The van der Waals surface area contributed by atoms with Crippen molar-refractivity contribution in [1.82, 2.24) is 0 Å². The molecule has 3 heteroatoms. The van der Waals surface area contributed by atoms with Gasteiger partial charge in [0.05, 0.1) is 5.56 Å². The Kier molecular flexibility index (Phi) is 3.82. The zero-order valence-electron chi connectivity index (χ0n) is 11.0. The average Bonchev–Trinajstić information content (AvgIpc) is 2.42. The maximum absolute atomic E-state index is 13.7. The van der Waals surface area contributed by atoms with Gasteiger partial charge in [-0.15, -0.1) is 0 Å². The Labute approximate surface area is 112 Å². The lowest BCUT2D eigenvalue weighted by Gasteiger charge is -2.25. The maximum atomic E-state index is 13.7. The Bertz CT molecular complexity index is 629. The molecule has 0 aliphatic rings. The van der Waals surface area contributed by atoms with Crippen molar-refractivity contribution in [2.75, 3.05) is 11.4 Å². The van der Waals surface area contributed by atoms with Crippen LogP contribution in [0.2, 0.25) is 0 Å². The summed E-state index contributed by atoms with van der Waals surface area (Å²) in [6.45, 7) is 4.77. The van der Waals surface area contributed by atoms with Gasteiger partial charge in [0.25, 0.3) is 0 Å². The van der Waals surface area contributed by atoms with Crippen LogP contribution in [0.3, 0.4) is 0 Å². The van der Waals surface area contributed by atoms with Crippen molar-refractivity contribution in [3.8, 4) is 6.07 Å². The van der Waals surface area contributed by atoms with Crippen LogP contribution >= 0.6 is 0 Å². The van der Waals surface area contributed by atoms with Crippen LogP contribution in [-0.4, -0.2) is 6.54 Å². The number of hydrogen-bond acceptors (Lipinski definition) is 2. The molecule has 0 fully saturated rings. The summed E-state index contributed by atoms with van der Waals surface area (Å²) in [5.41, 5.74) is 3.01. The van der Waals surface area contributed by atoms with Gasteiger partial charge in [-0.3, -0.25) is 0 Å². The number of nitrogens with zero attached hydrogens (tertiary/aromatic N) is 2. The van der Waals surface area contributed by atoms with E-state index in [9.17, 15) is 4.39 Å². The minimum atomic E-state index is -0.480. The summed E-state index contributed by atoms with van der Waals surface area (Å²) in [5, 5.41) is 8.76. The minimum absolute atomic E-state index is 0.0737. The van der Waals surface area contributed by atoms with Crippen molar-refractivity contribution in [2.24, 2.45) is 0 Å². The van der Waals surface area contributed by atoms with E-state index in [0.29, 0.717) is 0 Å². The summed E-state index contributed by atoms with van der Waals surface area (Å²) in [6, 6.07) is 14.5. The van der Waals surface area contributed by atoms with Gasteiger partial charge in [0.1, 0.15) is 11.9 Å². The predicted molar refractivity (Wildman–Crippen MR) is 75.0 cm³/mol. The molecule has 96 valence electrons. The van der Waals surface area contributed by atoms with Crippen LogP contribution in [0.1, 0.15) is 18.1 Å². The molecular weight excluding hydrogens is 239 g/mol. The zero-order valence-corrected chi connectivity index (χ0v) is 11.0. The molecule has 0 aromatic heterocycles. The Morgan fingerprint density at radius 3 is 2.53 bits per heavy atom. The van der Waals surface area contributed by atoms with Crippen LogP contribution in [0.25, 0.3) is 0 Å². The minimum Gasteiger partial charge on any atom is -0.341 e. The van der Waals surface area contributed by atoms with Crippen molar-refractivity contribution in [1.29, 1.82) is 5.26 Å². The molecule has 0 bridgehead atoms. The summed E-state index contributed by atoms with van der Waals surface area (Å²) < 4.78 is 13.7. The first-order valence-corrected chi connectivity index (χ1v) is 6.20. The number of rotatable bonds is 3. The number of halogens is 1. The van der Waals surface area contributed by atoms with E-state index in [1.165, 1.54) is 12.1 Å². The topological polar surface area (TPSA) is 27.0 Å². The van der Waals surface area contributed by atoms with Gasteiger partial charge in [-0.2, -0.15) is 5.26 Å².